The number of hydrogen-bond acceptors (Lipinski definition) is 4. The Morgan fingerprint density at radius 2 is 1.60 bits per heavy atom. The van der Waals surface area contributed by atoms with Crippen molar-refractivity contribution in [3.05, 3.63) is 60.2 Å². The summed E-state index contributed by atoms with van der Waals surface area (Å²) >= 11 is 0. The van der Waals surface area contributed by atoms with Gasteiger partial charge in [-0.1, -0.05) is 35.9 Å². The van der Waals surface area contributed by atoms with Crippen molar-refractivity contribution in [2.45, 2.75) is 26.2 Å². The lowest BCUT2D eigenvalue weighted by molar-refractivity contribution is -0.134. The summed E-state index contributed by atoms with van der Waals surface area (Å²) in [5, 5.41) is 11.6. The first kappa shape index (κ1) is 22.6. The summed E-state index contributed by atoms with van der Waals surface area (Å²) in [6, 6.07) is 18.5. The molecule has 0 fully saturated rings. The fourth-order valence-corrected chi connectivity index (χ4v) is 2.85. The van der Waals surface area contributed by atoms with Crippen LogP contribution < -0.4 is 10.2 Å². The average Bonchev–Trinajstić information content (AvgIpc) is 2.74. The van der Waals surface area contributed by atoms with E-state index in [2.05, 4.69) is 5.32 Å². The molecule has 0 bridgehead atoms. The second kappa shape index (κ2) is 11.4. The fraction of sp³-hybridized carbons (Fsp3) is 0.304. The SMILES string of the molecule is Cc1ccc(NC(=O)CN(C)C(=O)CCC(=O)N(CCC#N)c2ccccc2)cc1. The van der Waals surface area contributed by atoms with Crippen molar-refractivity contribution in [2.24, 2.45) is 0 Å². The van der Waals surface area contributed by atoms with E-state index >= 15 is 0 Å². The van der Waals surface area contributed by atoms with Crippen LogP contribution in [0, 0.1) is 18.3 Å². The lowest BCUT2D eigenvalue weighted by Crippen LogP contribution is -2.36. The lowest BCUT2D eigenvalue weighted by atomic mass is 10.2. The Morgan fingerprint density at radius 3 is 2.23 bits per heavy atom. The molecule has 0 atom stereocenters. The molecule has 0 aliphatic rings. The normalized spacial score (nSPS) is 10.0. The maximum Gasteiger partial charge on any atom is 0.243 e. The number of carbonyl (C=O) groups excluding carboxylic acids is 3. The average molecular weight is 406 g/mol. The van der Waals surface area contributed by atoms with E-state index in [9.17, 15) is 14.4 Å². The van der Waals surface area contributed by atoms with Gasteiger partial charge in [0.05, 0.1) is 19.0 Å². The molecule has 0 spiro atoms. The molecule has 0 heterocycles. The van der Waals surface area contributed by atoms with Gasteiger partial charge in [0.15, 0.2) is 0 Å². The van der Waals surface area contributed by atoms with E-state index in [1.807, 2.05) is 43.3 Å². The zero-order chi connectivity index (χ0) is 21.9. The van der Waals surface area contributed by atoms with E-state index in [4.69, 9.17) is 5.26 Å². The predicted molar refractivity (Wildman–Crippen MR) is 116 cm³/mol. The van der Waals surface area contributed by atoms with Crippen molar-refractivity contribution < 1.29 is 14.4 Å². The summed E-state index contributed by atoms with van der Waals surface area (Å²) < 4.78 is 0. The zero-order valence-corrected chi connectivity index (χ0v) is 17.3. The molecule has 2 aromatic carbocycles. The Hall–Kier alpha value is -3.66. The van der Waals surface area contributed by atoms with Crippen LogP contribution in [-0.2, 0) is 14.4 Å². The van der Waals surface area contributed by atoms with Crippen LogP contribution in [0.3, 0.4) is 0 Å². The van der Waals surface area contributed by atoms with Crippen molar-refractivity contribution in [2.75, 3.05) is 30.4 Å². The number of amides is 3. The van der Waals surface area contributed by atoms with Gasteiger partial charge in [-0.2, -0.15) is 5.26 Å². The van der Waals surface area contributed by atoms with E-state index in [-0.39, 0.29) is 50.1 Å². The second-order valence-electron chi connectivity index (χ2n) is 6.95. The predicted octanol–water partition coefficient (Wildman–Crippen LogP) is 3.12. The number of nitriles is 1. The maximum absolute atomic E-state index is 12.6. The molecule has 2 rings (SSSR count). The third kappa shape index (κ3) is 7.06. The Balaban J connectivity index is 1.86. The molecule has 2 aromatic rings. The quantitative estimate of drug-likeness (QED) is 0.692. The van der Waals surface area contributed by atoms with Gasteiger partial charge in [-0.05, 0) is 31.2 Å². The molecule has 7 heteroatoms. The highest BCUT2D eigenvalue weighted by atomic mass is 16.2. The minimum Gasteiger partial charge on any atom is -0.336 e. The standard InChI is InChI=1S/C23H26N4O3/c1-18-9-11-19(12-10-18)25-21(28)17-26(2)22(29)13-14-23(30)27(16-6-15-24)20-7-4-3-5-8-20/h3-5,7-12H,6,13-14,16-17H2,1-2H3,(H,25,28). The molecule has 0 aliphatic carbocycles. The number of anilines is 2. The van der Waals surface area contributed by atoms with Crippen LogP contribution in [0.15, 0.2) is 54.6 Å². The summed E-state index contributed by atoms with van der Waals surface area (Å²) in [4.78, 5) is 40.0. The van der Waals surface area contributed by atoms with Crippen LogP contribution in [0.25, 0.3) is 0 Å². The summed E-state index contributed by atoms with van der Waals surface area (Å²) in [6.45, 7) is 2.12. The van der Waals surface area contributed by atoms with Crippen LogP contribution in [-0.4, -0.2) is 42.8 Å². The molecule has 1 N–H and O–H groups in total. The van der Waals surface area contributed by atoms with Gasteiger partial charge in [-0.15, -0.1) is 0 Å². The number of rotatable bonds is 9. The third-order valence-electron chi connectivity index (χ3n) is 4.51. The van der Waals surface area contributed by atoms with Gasteiger partial charge >= 0.3 is 0 Å². The summed E-state index contributed by atoms with van der Waals surface area (Å²) in [5.41, 5.74) is 2.44. The van der Waals surface area contributed by atoms with Gasteiger partial charge < -0.3 is 15.1 Å². The molecule has 156 valence electrons. The lowest BCUT2D eigenvalue weighted by Gasteiger charge is -2.22. The zero-order valence-electron chi connectivity index (χ0n) is 17.3. The maximum atomic E-state index is 12.6. The first-order chi connectivity index (χ1) is 14.4. The van der Waals surface area contributed by atoms with Gasteiger partial charge in [0, 0.05) is 37.8 Å². The van der Waals surface area contributed by atoms with E-state index < -0.39 is 0 Å². The topological polar surface area (TPSA) is 93.5 Å². The van der Waals surface area contributed by atoms with E-state index in [1.165, 1.54) is 16.8 Å². The van der Waals surface area contributed by atoms with E-state index in [0.717, 1.165) is 5.56 Å². The highest BCUT2D eigenvalue weighted by Crippen LogP contribution is 2.16. The molecule has 0 aliphatic heterocycles. The van der Waals surface area contributed by atoms with Crippen molar-refractivity contribution >= 4 is 29.1 Å². The number of nitrogens with zero attached hydrogens (tertiary/aromatic N) is 3. The number of benzene rings is 2. The molecule has 0 saturated carbocycles. The minimum atomic E-state index is -0.305. The van der Waals surface area contributed by atoms with Gasteiger partial charge in [0.2, 0.25) is 17.7 Å². The van der Waals surface area contributed by atoms with Gasteiger partial charge in [-0.3, -0.25) is 14.4 Å². The minimum absolute atomic E-state index is 0.00305. The van der Waals surface area contributed by atoms with Crippen molar-refractivity contribution in [3.63, 3.8) is 0 Å². The Labute approximate surface area is 176 Å². The molecule has 0 unspecified atom stereocenters. The Morgan fingerprint density at radius 1 is 0.967 bits per heavy atom. The molecule has 30 heavy (non-hydrogen) atoms. The van der Waals surface area contributed by atoms with Crippen LogP contribution >= 0.6 is 0 Å². The molecular formula is C23H26N4O3. The molecule has 3 amide bonds. The fourth-order valence-electron chi connectivity index (χ4n) is 2.85. The summed E-state index contributed by atoms with van der Waals surface area (Å²) in [6.07, 6.45) is 0.194. The van der Waals surface area contributed by atoms with Crippen LogP contribution in [0.4, 0.5) is 11.4 Å². The molecule has 7 nitrogen and oxygen atoms in total. The smallest absolute Gasteiger partial charge is 0.243 e. The van der Waals surface area contributed by atoms with Gasteiger partial charge in [-0.25, -0.2) is 0 Å². The summed E-state index contributed by atoms with van der Waals surface area (Å²) in [7, 11) is 1.53. The summed E-state index contributed by atoms with van der Waals surface area (Å²) in [5.74, 6) is -0.834. The molecular weight excluding hydrogens is 380 g/mol. The Kier molecular flexibility index (Phi) is 8.57. The highest BCUT2D eigenvalue weighted by Gasteiger charge is 2.19. The largest absolute Gasteiger partial charge is 0.336 e. The number of hydrogen-bond donors (Lipinski definition) is 1. The highest BCUT2D eigenvalue weighted by molar-refractivity contribution is 5.97. The Bertz CT molecular complexity index is 904. The number of aryl methyl sites for hydroxylation is 1. The number of para-hydroxylation sites is 1. The van der Waals surface area contributed by atoms with Crippen molar-refractivity contribution in [1.29, 1.82) is 5.26 Å². The van der Waals surface area contributed by atoms with E-state index in [0.29, 0.717) is 11.4 Å². The molecule has 0 radical (unpaired) electrons. The molecule has 0 aromatic heterocycles. The van der Waals surface area contributed by atoms with Crippen LogP contribution in [0.5, 0.6) is 0 Å². The van der Waals surface area contributed by atoms with Crippen molar-refractivity contribution in [3.8, 4) is 6.07 Å². The first-order valence-corrected chi connectivity index (χ1v) is 9.73. The van der Waals surface area contributed by atoms with E-state index in [1.54, 1.807) is 24.3 Å². The molecule has 0 saturated heterocycles. The first-order valence-electron chi connectivity index (χ1n) is 9.73. The van der Waals surface area contributed by atoms with Gasteiger partial charge in [0.1, 0.15) is 0 Å². The second-order valence-corrected chi connectivity index (χ2v) is 6.95. The number of nitrogens with one attached hydrogen (secondary N) is 1. The third-order valence-corrected chi connectivity index (χ3v) is 4.51. The van der Waals surface area contributed by atoms with Crippen LogP contribution in [0.1, 0.15) is 24.8 Å². The van der Waals surface area contributed by atoms with Crippen molar-refractivity contribution in [1.82, 2.24) is 4.90 Å². The number of likely N-dealkylation sites (N-methyl/N-ethyl adjacent to an activating group) is 1. The van der Waals surface area contributed by atoms with Gasteiger partial charge in [0.25, 0.3) is 0 Å². The van der Waals surface area contributed by atoms with Crippen LogP contribution in [0.2, 0.25) is 0 Å². The number of carbonyl (C=O) groups is 3. The monoisotopic (exact) mass is 406 g/mol.